The van der Waals surface area contributed by atoms with Crippen LogP contribution in [0.3, 0.4) is 0 Å². The van der Waals surface area contributed by atoms with E-state index in [1.807, 2.05) is 0 Å². The average Bonchev–Trinajstić information content (AvgIpc) is 2.27. The van der Waals surface area contributed by atoms with E-state index in [0.29, 0.717) is 12.1 Å². The van der Waals surface area contributed by atoms with Crippen molar-refractivity contribution in [2.24, 2.45) is 5.73 Å². The number of carbonyl (C=O) groups is 1. The highest BCUT2D eigenvalue weighted by Gasteiger charge is 2.37. The Kier molecular flexibility index (Phi) is 2.93. The first-order valence-corrected chi connectivity index (χ1v) is 5.61. The monoisotopic (exact) mass is 236 g/mol. The number of nitrogens with one attached hydrogen (secondary N) is 1. The minimum absolute atomic E-state index is 0.237. The molecule has 5 heteroatoms. The highest BCUT2D eigenvalue weighted by Crippen LogP contribution is 2.31. The highest BCUT2D eigenvalue weighted by molar-refractivity contribution is 5.95. The van der Waals surface area contributed by atoms with Crippen LogP contribution in [0.5, 0.6) is 11.5 Å². The van der Waals surface area contributed by atoms with Crippen LogP contribution in [-0.2, 0) is 0 Å². The third-order valence-electron chi connectivity index (χ3n) is 3.32. The van der Waals surface area contributed by atoms with E-state index in [4.69, 9.17) is 10.8 Å². The van der Waals surface area contributed by atoms with Crippen molar-refractivity contribution in [1.29, 1.82) is 0 Å². The number of amides is 1. The van der Waals surface area contributed by atoms with Gasteiger partial charge in [-0.05, 0) is 37.5 Å². The molecule has 92 valence electrons. The zero-order chi connectivity index (χ0) is 12.5. The van der Waals surface area contributed by atoms with Gasteiger partial charge in [-0.25, -0.2) is 0 Å². The number of carbonyl (C=O) groups excluding carboxylic acids is 1. The van der Waals surface area contributed by atoms with Gasteiger partial charge in [0, 0.05) is 12.1 Å². The maximum absolute atomic E-state index is 11.9. The molecule has 1 saturated carbocycles. The first-order valence-electron chi connectivity index (χ1n) is 5.61. The van der Waals surface area contributed by atoms with Crippen molar-refractivity contribution in [2.45, 2.75) is 24.8 Å². The topological polar surface area (TPSA) is 95.6 Å². The van der Waals surface area contributed by atoms with Gasteiger partial charge in [0.2, 0.25) is 0 Å². The van der Waals surface area contributed by atoms with Gasteiger partial charge in [0.05, 0.1) is 5.54 Å². The largest absolute Gasteiger partial charge is 0.504 e. The van der Waals surface area contributed by atoms with Gasteiger partial charge < -0.3 is 21.3 Å². The third kappa shape index (κ3) is 2.19. The molecule has 1 aliphatic rings. The van der Waals surface area contributed by atoms with Crippen molar-refractivity contribution in [2.75, 3.05) is 6.54 Å². The fourth-order valence-corrected chi connectivity index (χ4v) is 1.96. The van der Waals surface area contributed by atoms with E-state index < -0.39 is 0 Å². The second-order valence-corrected chi connectivity index (χ2v) is 4.50. The molecule has 1 aromatic carbocycles. The van der Waals surface area contributed by atoms with Crippen molar-refractivity contribution in [3.63, 3.8) is 0 Å². The number of phenolic OH excluding ortho intramolecular Hbond substituents is 2. The molecule has 0 aromatic heterocycles. The van der Waals surface area contributed by atoms with Crippen LogP contribution >= 0.6 is 0 Å². The Hall–Kier alpha value is -1.75. The SMILES string of the molecule is NCC1(NC(=O)c2ccc(O)c(O)c2)CCC1. The fourth-order valence-electron chi connectivity index (χ4n) is 1.96. The zero-order valence-electron chi connectivity index (χ0n) is 9.44. The molecule has 5 N–H and O–H groups in total. The first-order chi connectivity index (χ1) is 8.06. The van der Waals surface area contributed by atoms with E-state index in [1.165, 1.54) is 18.2 Å². The summed E-state index contributed by atoms with van der Waals surface area (Å²) in [5.41, 5.74) is 5.68. The predicted octanol–water partition coefficient (Wildman–Crippen LogP) is 0.709. The second-order valence-electron chi connectivity index (χ2n) is 4.50. The molecule has 0 heterocycles. The molecule has 0 bridgehead atoms. The fraction of sp³-hybridized carbons (Fsp3) is 0.417. The summed E-state index contributed by atoms with van der Waals surface area (Å²) < 4.78 is 0. The maximum atomic E-state index is 11.9. The summed E-state index contributed by atoms with van der Waals surface area (Å²) >= 11 is 0. The van der Waals surface area contributed by atoms with Crippen molar-refractivity contribution >= 4 is 5.91 Å². The lowest BCUT2D eigenvalue weighted by Gasteiger charge is -2.41. The van der Waals surface area contributed by atoms with Crippen LogP contribution in [0.25, 0.3) is 0 Å². The number of nitrogens with two attached hydrogens (primary N) is 1. The Balaban J connectivity index is 2.11. The highest BCUT2D eigenvalue weighted by atomic mass is 16.3. The zero-order valence-corrected chi connectivity index (χ0v) is 9.44. The standard InChI is InChI=1S/C12H16N2O3/c13-7-12(4-1-5-12)14-11(17)8-2-3-9(15)10(16)6-8/h2-3,6,15-16H,1,4-5,7,13H2,(H,14,17). The van der Waals surface area contributed by atoms with E-state index in [0.717, 1.165) is 19.3 Å². The Labute approximate surface area is 99.3 Å². The van der Waals surface area contributed by atoms with Crippen LogP contribution in [0.2, 0.25) is 0 Å². The number of phenols is 2. The number of rotatable bonds is 3. The molecule has 5 nitrogen and oxygen atoms in total. The van der Waals surface area contributed by atoms with Crippen LogP contribution in [0.4, 0.5) is 0 Å². The summed E-state index contributed by atoms with van der Waals surface area (Å²) in [6.07, 6.45) is 2.84. The Morgan fingerprint density at radius 3 is 2.53 bits per heavy atom. The minimum atomic E-state index is -0.298. The molecule has 0 radical (unpaired) electrons. The molecule has 1 fully saturated rings. The molecule has 0 aliphatic heterocycles. The van der Waals surface area contributed by atoms with E-state index in [9.17, 15) is 9.90 Å². The molecule has 0 atom stereocenters. The summed E-state index contributed by atoms with van der Waals surface area (Å²) in [4.78, 5) is 11.9. The lowest BCUT2D eigenvalue weighted by atomic mass is 9.76. The molecule has 0 unspecified atom stereocenters. The van der Waals surface area contributed by atoms with Crippen LogP contribution < -0.4 is 11.1 Å². The summed E-state index contributed by atoms with van der Waals surface area (Å²) in [6, 6.07) is 4.00. The van der Waals surface area contributed by atoms with Crippen LogP contribution in [0.1, 0.15) is 29.6 Å². The van der Waals surface area contributed by atoms with Crippen LogP contribution in [-0.4, -0.2) is 28.2 Å². The van der Waals surface area contributed by atoms with E-state index in [-0.39, 0.29) is 22.9 Å². The maximum Gasteiger partial charge on any atom is 0.251 e. The smallest absolute Gasteiger partial charge is 0.251 e. The molecule has 2 rings (SSSR count). The van der Waals surface area contributed by atoms with Gasteiger partial charge in [-0.1, -0.05) is 0 Å². The quantitative estimate of drug-likeness (QED) is 0.581. The van der Waals surface area contributed by atoms with Gasteiger partial charge in [0.1, 0.15) is 0 Å². The minimum Gasteiger partial charge on any atom is -0.504 e. The number of aromatic hydroxyl groups is 2. The van der Waals surface area contributed by atoms with E-state index in [1.54, 1.807) is 0 Å². The van der Waals surface area contributed by atoms with Gasteiger partial charge in [0.25, 0.3) is 5.91 Å². The molecule has 1 amide bonds. The van der Waals surface area contributed by atoms with Crippen molar-refractivity contribution in [3.05, 3.63) is 23.8 Å². The molecular weight excluding hydrogens is 220 g/mol. The predicted molar refractivity (Wildman–Crippen MR) is 62.9 cm³/mol. The van der Waals surface area contributed by atoms with Crippen LogP contribution in [0, 0.1) is 0 Å². The first kappa shape index (κ1) is 11.7. The van der Waals surface area contributed by atoms with Gasteiger partial charge in [-0.15, -0.1) is 0 Å². The molecular formula is C12H16N2O3. The Morgan fingerprint density at radius 2 is 2.06 bits per heavy atom. The lowest BCUT2D eigenvalue weighted by molar-refractivity contribution is 0.0837. The normalized spacial score (nSPS) is 17.2. The van der Waals surface area contributed by atoms with E-state index in [2.05, 4.69) is 5.32 Å². The number of hydrogen-bond donors (Lipinski definition) is 4. The average molecular weight is 236 g/mol. The van der Waals surface area contributed by atoms with Gasteiger partial charge in [-0.3, -0.25) is 4.79 Å². The summed E-state index contributed by atoms with van der Waals surface area (Å²) in [5, 5.41) is 21.4. The Morgan fingerprint density at radius 1 is 1.35 bits per heavy atom. The van der Waals surface area contributed by atoms with Gasteiger partial charge in [-0.2, -0.15) is 0 Å². The number of hydrogen-bond acceptors (Lipinski definition) is 4. The van der Waals surface area contributed by atoms with Gasteiger partial charge >= 0.3 is 0 Å². The molecule has 0 spiro atoms. The molecule has 17 heavy (non-hydrogen) atoms. The summed E-state index contributed by atoms with van der Waals surface area (Å²) in [6.45, 7) is 0.419. The lowest BCUT2D eigenvalue weighted by Crippen LogP contribution is -2.58. The summed E-state index contributed by atoms with van der Waals surface area (Å²) in [5.74, 6) is -0.808. The molecule has 0 saturated heterocycles. The third-order valence-corrected chi connectivity index (χ3v) is 3.32. The van der Waals surface area contributed by atoms with Crippen molar-refractivity contribution in [3.8, 4) is 11.5 Å². The molecule has 1 aromatic rings. The van der Waals surface area contributed by atoms with Crippen molar-refractivity contribution in [1.82, 2.24) is 5.32 Å². The number of benzene rings is 1. The van der Waals surface area contributed by atoms with E-state index >= 15 is 0 Å². The summed E-state index contributed by atoms with van der Waals surface area (Å²) in [7, 11) is 0. The van der Waals surface area contributed by atoms with Gasteiger partial charge in [0.15, 0.2) is 11.5 Å². The Bertz CT molecular complexity index is 436. The second kappa shape index (κ2) is 4.25. The van der Waals surface area contributed by atoms with Crippen molar-refractivity contribution < 1.29 is 15.0 Å². The van der Waals surface area contributed by atoms with Crippen LogP contribution in [0.15, 0.2) is 18.2 Å². The molecule has 1 aliphatic carbocycles.